The van der Waals surface area contributed by atoms with Gasteiger partial charge in [0.1, 0.15) is 0 Å². The molecule has 3 heterocycles. The van der Waals surface area contributed by atoms with E-state index in [1.807, 2.05) is 30.0 Å². The van der Waals surface area contributed by atoms with Gasteiger partial charge in [-0.2, -0.15) is 4.98 Å². The van der Waals surface area contributed by atoms with Crippen molar-refractivity contribution in [1.29, 1.82) is 0 Å². The van der Waals surface area contributed by atoms with E-state index in [9.17, 15) is 4.79 Å². The summed E-state index contributed by atoms with van der Waals surface area (Å²) in [6.45, 7) is 2.00. The zero-order valence-corrected chi connectivity index (χ0v) is 14.5. The number of ether oxygens (including phenoxy) is 1. The van der Waals surface area contributed by atoms with E-state index >= 15 is 0 Å². The summed E-state index contributed by atoms with van der Waals surface area (Å²) in [6, 6.07) is 8.39. The Morgan fingerprint density at radius 3 is 2.80 bits per heavy atom. The number of aryl methyl sites for hydroxylation is 1. The van der Waals surface area contributed by atoms with Crippen LogP contribution in [0, 0.1) is 6.92 Å². The normalized spacial score (nSPS) is 21.4. The number of methoxy groups -OCH3 is 1. The lowest BCUT2D eigenvalue weighted by atomic mass is 9.80. The Labute approximate surface area is 147 Å². The molecule has 1 aromatic heterocycles. The molecule has 6 nitrogen and oxygen atoms in total. The van der Waals surface area contributed by atoms with Crippen LogP contribution in [0.3, 0.4) is 0 Å². The van der Waals surface area contributed by atoms with Crippen LogP contribution in [0.25, 0.3) is 11.4 Å². The summed E-state index contributed by atoms with van der Waals surface area (Å²) in [5.74, 6) is 1.11. The van der Waals surface area contributed by atoms with Crippen LogP contribution in [-0.4, -0.2) is 40.1 Å². The maximum atomic E-state index is 12.6. The predicted molar refractivity (Wildman–Crippen MR) is 95.7 cm³/mol. The van der Waals surface area contributed by atoms with Crippen molar-refractivity contribution >= 4 is 11.7 Å². The topological polar surface area (TPSA) is 67.3 Å². The second-order valence-corrected chi connectivity index (χ2v) is 6.76. The second kappa shape index (κ2) is 6.35. The van der Waals surface area contributed by atoms with Gasteiger partial charge < -0.3 is 15.0 Å². The lowest BCUT2D eigenvalue weighted by Crippen LogP contribution is -2.62. The molecule has 4 rings (SSSR count). The maximum absolute atomic E-state index is 12.6. The number of nitrogens with zero attached hydrogens (tertiary/aromatic N) is 3. The summed E-state index contributed by atoms with van der Waals surface area (Å²) in [6.07, 6.45) is 6.32. The van der Waals surface area contributed by atoms with Crippen molar-refractivity contribution in [2.24, 2.45) is 0 Å². The van der Waals surface area contributed by atoms with E-state index in [0.717, 1.165) is 36.1 Å². The number of piperidine rings is 1. The van der Waals surface area contributed by atoms with E-state index in [2.05, 4.69) is 15.3 Å². The highest BCUT2D eigenvalue weighted by Crippen LogP contribution is 2.38. The van der Waals surface area contributed by atoms with E-state index in [0.29, 0.717) is 23.8 Å². The molecule has 2 atom stereocenters. The fourth-order valence-corrected chi connectivity index (χ4v) is 3.85. The van der Waals surface area contributed by atoms with Gasteiger partial charge in [-0.3, -0.25) is 0 Å². The van der Waals surface area contributed by atoms with Crippen molar-refractivity contribution in [1.82, 2.24) is 14.9 Å². The minimum absolute atomic E-state index is 0.00214. The lowest BCUT2D eigenvalue weighted by Gasteiger charge is -2.52. The third-order valence-corrected chi connectivity index (χ3v) is 5.21. The first-order valence-electron chi connectivity index (χ1n) is 8.73. The Kier molecular flexibility index (Phi) is 4.03. The molecule has 2 aliphatic heterocycles. The van der Waals surface area contributed by atoms with E-state index < -0.39 is 0 Å². The average Bonchev–Trinajstić information content (AvgIpc) is 2.64. The number of rotatable bonds is 3. The van der Waals surface area contributed by atoms with Crippen LogP contribution in [0.5, 0.6) is 5.88 Å². The lowest BCUT2D eigenvalue weighted by molar-refractivity contribution is 0.0173. The number of anilines is 1. The molecule has 0 radical (unpaired) electrons. The summed E-state index contributed by atoms with van der Waals surface area (Å²) in [7, 11) is 1.58. The van der Waals surface area contributed by atoms with Gasteiger partial charge in [-0.15, -0.1) is 0 Å². The van der Waals surface area contributed by atoms with Crippen LogP contribution >= 0.6 is 0 Å². The van der Waals surface area contributed by atoms with Gasteiger partial charge in [0.15, 0.2) is 5.82 Å². The van der Waals surface area contributed by atoms with Gasteiger partial charge in [-0.05, 0) is 50.3 Å². The number of hydrogen-bond acceptors (Lipinski definition) is 4. The van der Waals surface area contributed by atoms with Gasteiger partial charge in [0.05, 0.1) is 7.11 Å². The van der Waals surface area contributed by atoms with Crippen LogP contribution in [0.1, 0.15) is 31.2 Å². The van der Waals surface area contributed by atoms with E-state index in [4.69, 9.17) is 4.74 Å². The minimum atomic E-state index is 0.00214. The average molecular weight is 338 g/mol. The molecule has 0 spiro atoms. The van der Waals surface area contributed by atoms with Gasteiger partial charge >= 0.3 is 6.03 Å². The number of benzene rings is 1. The Bertz CT molecular complexity index is 794. The summed E-state index contributed by atoms with van der Waals surface area (Å²) in [4.78, 5) is 23.3. The standard InChI is InChI=1S/C19H22N4O2/c1-12-6-7-13(10-16(12)18-20-9-8-17(22-18)25-2)21-19(24)23-14-4-3-5-15(23)11-14/h6-10,14-15H,3-5,11H2,1-2H3,(H,21,24). The molecule has 1 aromatic carbocycles. The number of carbonyl (C=O) groups is 1. The molecule has 0 saturated carbocycles. The maximum Gasteiger partial charge on any atom is 0.322 e. The van der Waals surface area contributed by atoms with E-state index in [1.165, 1.54) is 6.42 Å². The molecule has 2 saturated heterocycles. The number of urea groups is 1. The molecule has 1 N–H and O–H groups in total. The predicted octanol–water partition coefficient (Wildman–Crippen LogP) is 3.62. The van der Waals surface area contributed by atoms with Gasteiger partial charge in [0, 0.05) is 35.6 Å². The smallest absolute Gasteiger partial charge is 0.322 e. The van der Waals surface area contributed by atoms with Crippen molar-refractivity contribution in [2.75, 3.05) is 12.4 Å². The van der Waals surface area contributed by atoms with Crippen molar-refractivity contribution in [3.8, 4) is 17.3 Å². The monoisotopic (exact) mass is 338 g/mol. The van der Waals surface area contributed by atoms with E-state index in [1.54, 1.807) is 19.4 Å². The molecule has 2 amide bonds. The molecule has 130 valence electrons. The van der Waals surface area contributed by atoms with Crippen LogP contribution < -0.4 is 10.1 Å². The summed E-state index contributed by atoms with van der Waals surface area (Å²) in [5.41, 5.74) is 2.70. The first-order valence-corrected chi connectivity index (χ1v) is 8.73. The number of carbonyl (C=O) groups excluding carboxylic acids is 1. The van der Waals surface area contributed by atoms with Gasteiger partial charge in [-0.1, -0.05) is 6.07 Å². The van der Waals surface area contributed by atoms with Crippen molar-refractivity contribution in [3.63, 3.8) is 0 Å². The molecule has 0 aliphatic carbocycles. The van der Waals surface area contributed by atoms with Crippen molar-refractivity contribution in [2.45, 2.75) is 44.7 Å². The van der Waals surface area contributed by atoms with Crippen LogP contribution in [0.15, 0.2) is 30.5 Å². The second-order valence-electron chi connectivity index (χ2n) is 6.76. The molecule has 2 unspecified atom stereocenters. The molecular formula is C19H22N4O2. The summed E-state index contributed by atoms with van der Waals surface area (Å²) in [5, 5.41) is 3.04. The first-order chi connectivity index (χ1) is 12.2. The number of hydrogen-bond donors (Lipinski definition) is 1. The molecular weight excluding hydrogens is 316 g/mol. The fourth-order valence-electron chi connectivity index (χ4n) is 3.85. The summed E-state index contributed by atoms with van der Waals surface area (Å²) >= 11 is 0. The van der Waals surface area contributed by atoms with Crippen molar-refractivity contribution in [3.05, 3.63) is 36.0 Å². The highest BCUT2D eigenvalue weighted by atomic mass is 16.5. The molecule has 25 heavy (non-hydrogen) atoms. The zero-order valence-electron chi connectivity index (χ0n) is 14.5. The quantitative estimate of drug-likeness (QED) is 0.928. The van der Waals surface area contributed by atoms with Crippen LogP contribution in [-0.2, 0) is 0 Å². The third kappa shape index (κ3) is 2.92. The highest BCUT2D eigenvalue weighted by molar-refractivity contribution is 5.91. The Morgan fingerprint density at radius 1 is 1.28 bits per heavy atom. The van der Waals surface area contributed by atoms with E-state index in [-0.39, 0.29) is 6.03 Å². The number of fused-ring (bicyclic) bond motifs is 2. The highest BCUT2D eigenvalue weighted by Gasteiger charge is 2.44. The van der Waals surface area contributed by atoms with Gasteiger partial charge in [-0.25, -0.2) is 9.78 Å². The summed E-state index contributed by atoms with van der Waals surface area (Å²) < 4.78 is 5.18. The van der Waals surface area contributed by atoms with Gasteiger partial charge in [0.2, 0.25) is 5.88 Å². The molecule has 2 bridgehead atoms. The zero-order chi connectivity index (χ0) is 17.4. The molecule has 2 fully saturated rings. The number of aromatic nitrogens is 2. The largest absolute Gasteiger partial charge is 0.481 e. The molecule has 6 heteroatoms. The Balaban J connectivity index is 1.56. The SMILES string of the molecule is COc1ccnc(-c2cc(NC(=O)N3C4CCCC3C4)ccc2C)n1. The van der Waals surface area contributed by atoms with Crippen molar-refractivity contribution < 1.29 is 9.53 Å². The Morgan fingerprint density at radius 2 is 2.08 bits per heavy atom. The Hall–Kier alpha value is -2.63. The number of nitrogens with one attached hydrogen (secondary N) is 1. The van der Waals surface area contributed by atoms with Gasteiger partial charge in [0.25, 0.3) is 0 Å². The third-order valence-electron chi connectivity index (χ3n) is 5.21. The molecule has 2 aliphatic rings. The van der Waals surface area contributed by atoms with Crippen LogP contribution in [0.2, 0.25) is 0 Å². The molecule has 2 aromatic rings. The van der Waals surface area contributed by atoms with Crippen LogP contribution in [0.4, 0.5) is 10.5 Å². The fraction of sp³-hybridized carbons (Fsp3) is 0.421. The minimum Gasteiger partial charge on any atom is -0.481 e. The number of amides is 2. The first kappa shape index (κ1) is 15.9.